The lowest BCUT2D eigenvalue weighted by Crippen LogP contribution is -2.45. The number of halogens is 2. The Bertz CT molecular complexity index is 1020. The van der Waals surface area contributed by atoms with Gasteiger partial charge in [0.1, 0.15) is 12.1 Å². The minimum Gasteiger partial charge on any atom is -0.447 e. The van der Waals surface area contributed by atoms with E-state index in [2.05, 4.69) is 26.2 Å². The van der Waals surface area contributed by atoms with Gasteiger partial charge in [0.25, 0.3) is 5.91 Å². The SMILES string of the molecule is O=C(Nc1cccc(F)c1)c1coc(CN2CCN(Cc3cccc(Cl)c3)CC2)n1. The van der Waals surface area contributed by atoms with Gasteiger partial charge in [0.05, 0.1) is 6.54 Å². The smallest absolute Gasteiger partial charge is 0.277 e. The van der Waals surface area contributed by atoms with Crippen molar-refractivity contribution in [3.05, 3.63) is 82.8 Å². The van der Waals surface area contributed by atoms with Gasteiger partial charge in [0.2, 0.25) is 5.89 Å². The van der Waals surface area contributed by atoms with Gasteiger partial charge in [0, 0.05) is 43.4 Å². The third-order valence-electron chi connectivity index (χ3n) is 4.99. The van der Waals surface area contributed by atoms with Crippen LogP contribution in [0.2, 0.25) is 5.02 Å². The van der Waals surface area contributed by atoms with Crippen LogP contribution in [-0.4, -0.2) is 46.9 Å². The van der Waals surface area contributed by atoms with E-state index in [1.54, 1.807) is 6.07 Å². The molecule has 2 heterocycles. The van der Waals surface area contributed by atoms with Gasteiger partial charge in [-0.15, -0.1) is 0 Å². The normalized spacial score (nSPS) is 15.3. The first-order valence-electron chi connectivity index (χ1n) is 9.76. The maximum atomic E-state index is 13.3. The monoisotopic (exact) mass is 428 g/mol. The summed E-state index contributed by atoms with van der Waals surface area (Å²) in [6, 6.07) is 13.7. The highest BCUT2D eigenvalue weighted by Gasteiger charge is 2.20. The Balaban J connectivity index is 1.27. The molecule has 0 bridgehead atoms. The largest absolute Gasteiger partial charge is 0.447 e. The molecule has 156 valence electrons. The van der Waals surface area contributed by atoms with E-state index in [1.807, 2.05) is 18.2 Å². The van der Waals surface area contributed by atoms with E-state index in [-0.39, 0.29) is 5.69 Å². The summed E-state index contributed by atoms with van der Waals surface area (Å²) in [7, 11) is 0. The molecule has 1 N–H and O–H groups in total. The van der Waals surface area contributed by atoms with Crippen molar-refractivity contribution in [2.45, 2.75) is 13.1 Å². The van der Waals surface area contributed by atoms with Crippen molar-refractivity contribution in [3.63, 3.8) is 0 Å². The molecule has 30 heavy (non-hydrogen) atoms. The number of aromatic nitrogens is 1. The Morgan fingerprint density at radius 1 is 1.07 bits per heavy atom. The summed E-state index contributed by atoms with van der Waals surface area (Å²) in [4.78, 5) is 21.2. The zero-order valence-corrected chi connectivity index (χ0v) is 17.1. The number of anilines is 1. The van der Waals surface area contributed by atoms with Crippen molar-refractivity contribution in [2.24, 2.45) is 0 Å². The molecular weight excluding hydrogens is 407 g/mol. The average Bonchev–Trinajstić information content (AvgIpc) is 3.18. The molecule has 1 fully saturated rings. The first-order valence-corrected chi connectivity index (χ1v) is 10.1. The summed E-state index contributed by atoms with van der Waals surface area (Å²) in [6.07, 6.45) is 1.33. The van der Waals surface area contributed by atoms with Crippen LogP contribution in [0.5, 0.6) is 0 Å². The third-order valence-corrected chi connectivity index (χ3v) is 5.22. The van der Waals surface area contributed by atoms with Crippen molar-refractivity contribution in [3.8, 4) is 0 Å². The van der Waals surface area contributed by atoms with Crippen molar-refractivity contribution in [1.29, 1.82) is 0 Å². The number of hydrogen-bond donors (Lipinski definition) is 1. The molecule has 3 aromatic rings. The molecule has 0 saturated carbocycles. The second-order valence-electron chi connectivity index (χ2n) is 7.27. The van der Waals surface area contributed by atoms with E-state index < -0.39 is 11.7 Å². The van der Waals surface area contributed by atoms with Gasteiger partial charge in [-0.1, -0.05) is 29.8 Å². The number of benzene rings is 2. The molecule has 6 nitrogen and oxygen atoms in total. The molecule has 1 aromatic heterocycles. The summed E-state index contributed by atoms with van der Waals surface area (Å²) in [5, 5.41) is 3.37. The number of nitrogens with zero attached hydrogens (tertiary/aromatic N) is 3. The first-order chi connectivity index (χ1) is 14.5. The van der Waals surface area contributed by atoms with Crippen LogP contribution < -0.4 is 5.32 Å². The van der Waals surface area contributed by atoms with Crippen LogP contribution in [0.3, 0.4) is 0 Å². The predicted octanol–water partition coefficient (Wildman–Crippen LogP) is 4.04. The number of nitrogens with one attached hydrogen (secondary N) is 1. The molecule has 1 saturated heterocycles. The van der Waals surface area contributed by atoms with Crippen LogP contribution in [0.4, 0.5) is 10.1 Å². The summed E-state index contributed by atoms with van der Waals surface area (Å²) in [6.45, 7) is 5.04. The molecule has 0 atom stereocenters. The van der Waals surface area contributed by atoms with Gasteiger partial charge in [-0.2, -0.15) is 0 Å². The highest BCUT2D eigenvalue weighted by atomic mass is 35.5. The Morgan fingerprint density at radius 2 is 1.80 bits per heavy atom. The minimum absolute atomic E-state index is 0.175. The molecule has 0 unspecified atom stereocenters. The highest BCUT2D eigenvalue weighted by molar-refractivity contribution is 6.30. The van der Waals surface area contributed by atoms with Gasteiger partial charge in [-0.3, -0.25) is 14.6 Å². The number of hydrogen-bond acceptors (Lipinski definition) is 5. The van der Waals surface area contributed by atoms with E-state index >= 15 is 0 Å². The number of oxazole rings is 1. The second-order valence-corrected chi connectivity index (χ2v) is 7.71. The van der Waals surface area contributed by atoms with E-state index in [0.717, 1.165) is 37.7 Å². The molecule has 8 heteroatoms. The van der Waals surface area contributed by atoms with Gasteiger partial charge in [-0.25, -0.2) is 9.37 Å². The molecular formula is C22H22ClFN4O2. The van der Waals surface area contributed by atoms with Gasteiger partial charge >= 0.3 is 0 Å². The zero-order chi connectivity index (χ0) is 20.9. The quantitative estimate of drug-likeness (QED) is 0.642. The fraction of sp³-hybridized carbons (Fsp3) is 0.273. The number of amides is 1. The molecule has 0 spiro atoms. The maximum absolute atomic E-state index is 13.3. The van der Waals surface area contributed by atoms with E-state index in [4.69, 9.17) is 16.0 Å². The Hall–Kier alpha value is -2.74. The van der Waals surface area contributed by atoms with Crippen LogP contribution in [0, 0.1) is 5.82 Å². The number of carbonyl (C=O) groups excluding carboxylic acids is 1. The van der Waals surface area contributed by atoms with Crippen LogP contribution in [0.1, 0.15) is 21.9 Å². The van der Waals surface area contributed by atoms with Gasteiger partial charge in [-0.05, 0) is 35.9 Å². The molecule has 2 aromatic carbocycles. The lowest BCUT2D eigenvalue weighted by atomic mass is 10.2. The Morgan fingerprint density at radius 3 is 2.53 bits per heavy atom. The highest BCUT2D eigenvalue weighted by Crippen LogP contribution is 2.16. The molecule has 1 aliphatic rings. The lowest BCUT2D eigenvalue weighted by Gasteiger charge is -2.34. The predicted molar refractivity (Wildman–Crippen MR) is 113 cm³/mol. The van der Waals surface area contributed by atoms with Crippen LogP contribution in [-0.2, 0) is 13.1 Å². The van der Waals surface area contributed by atoms with Crippen molar-refractivity contribution < 1.29 is 13.6 Å². The number of rotatable bonds is 6. The van der Waals surface area contributed by atoms with Crippen LogP contribution in [0.15, 0.2) is 59.2 Å². The van der Waals surface area contributed by atoms with Crippen molar-refractivity contribution >= 4 is 23.2 Å². The van der Waals surface area contributed by atoms with E-state index in [0.29, 0.717) is 18.1 Å². The lowest BCUT2D eigenvalue weighted by molar-refractivity contribution is 0.102. The first kappa shape index (κ1) is 20.5. The molecule has 0 radical (unpaired) electrons. The third kappa shape index (κ3) is 5.44. The van der Waals surface area contributed by atoms with E-state index in [9.17, 15) is 9.18 Å². The fourth-order valence-electron chi connectivity index (χ4n) is 3.44. The molecule has 1 aliphatic heterocycles. The number of piperazine rings is 1. The Kier molecular flexibility index (Phi) is 6.42. The summed E-state index contributed by atoms with van der Waals surface area (Å²) >= 11 is 6.06. The van der Waals surface area contributed by atoms with Gasteiger partial charge in [0.15, 0.2) is 5.69 Å². The second kappa shape index (κ2) is 9.38. The topological polar surface area (TPSA) is 61.6 Å². The minimum atomic E-state index is -0.429. The fourth-order valence-corrected chi connectivity index (χ4v) is 3.65. The van der Waals surface area contributed by atoms with E-state index in [1.165, 1.54) is 30.0 Å². The number of carbonyl (C=O) groups is 1. The maximum Gasteiger partial charge on any atom is 0.277 e. The van der Waals surface area contributed by atoms with Crippen molar-refractivity contribution in [2.75, 3.05) is 31.5 Å². The summed E-state index contributed by atoms with van der Waals surface area (Å²) < 4.78 is 18.7. The van der Waals surface area contributed by atoms with Crippen LogP contribution in [0.25, 0.3) is 0 Å². The van der Waals surface area contributed by atoms with Gasteiger partial charge < -0.3 is 9.73 Å². The van der Waals surface area contributed by atoms with Crippen LogP contribution >= 0.6 is 11.6 Å². The Labute approximate surface area is 179 Å². The molecule has 0 aliphatic carbocycles. The average molecular weight is 429 g/mol. The van der Waals surface area contributed by atoms with Crippen molar-refractivity contribution in [1.82, 2.24) is 14.8 Å². The summed E-state index contributed by atoms with van der Waals surface area (Å²) in [5.41, 5.74) is 1.76. The molecule has 4 rings (SSSR count). The molecule has 1 amide bonds. The summed E-state index contributed by atoms with van der Waals surface area (Å²) in [5.74, 6) is -0.354. The zero-order valence-electron chi connectivity index (χ0n) is 16.4. The standard InChI is InChI=1S/C22H22ClFN4O2/c23-17-4-1-3-16(11-17)13-27-7-9-28(10-8-27)14-21-26-20(15-30-21)22(29)25-19-6-2-5-18(24)12-19/h1-6,11-12,15H,7-10,13-14H2,(H,25,29).